The largest absolute Gasteiger partial charge is 0.356 e. The average molecular weight is 393 g/mol. The standard InChI is InChI=1S/C23H28N4O2/c1-17-25-20-7-4-5-8-21(20)27(17)16-6-15-24-22(28)14-11-18-9-12-19(13-10-18)23(29)26(2)3/h4-5,7-10,12-13H,6,11,14-16H2,1-3H3,(H,24,28). The maximum absolute atomic E-state index is 12.1. The summed E-state index contributed by atoms with van der Waals surface area (Å²) < 4.78 is 2.19. The Morgan fingerprint density at radius 3 is 2.52 bits per heavy atom. The topological polar surface area (TPSA) is 67.2 Å². The van der Waals surface area contributed by atoms with Crippen molar-refractivity contribution in [3.63, 3.8) is 0 Å². The summed E-state index contributed by atoms with van der Waals surface area (Å²) in [5.74, 6) is 1.02. The van der Waals surface area contributed by atoms with Crippen molar-refractivity contribution in [2.45, 2.75) is 32.7 Å². The molecule has 3 aromatic rings. The van der Waals surface area contributed by atoms with Gasteiger partial charge in [-0.1, -0.05) is 24.3 Å². The van der Waals surface area contributed by atoms with Crippen LogP contribution in [0.1, 0.15) is 34.6 Å². The summed E-state index contributed by atoms with van der Waals surface area (Å²) in [4.78, 5) is 30.2. The van der Waals surface area contributed by atoms with Crippen LogP contribution >= 0.6 is 0 Å². The molecule has 0 saturated heterocycles. The second-order valence-corrected chi connectivity index (χ2v) is 7.40. The van der Waals surface area contributed by atoms with Crippen LogP contribution in [0.25, 0.3) is 11.0 Å². The number of aromatic nitrogens is 2. The number of fused-ring (bicyclic) bond motifs is 1. The van der Waals surface area contributed by atoms with Crippen LogP contribution in [0.3, 0.4) is 0 Å². The molecule has 6 heteroatoms. The minimum Gasteiger partial charge on any atom is -0.356 e. The van der Waals surface area contributed by atoms with Crippen LogP contribution in [0, 0.1) is 6.92 Å². The molecule has 0 radical (unpaired) electrons. The van der Waals surface area contributed by atoms with Gasteiger partial charge in [-0.05, 0) is 49.6 Å². The van der Waals surface area contributed by atoms with Crippen LogP contribution in [-0.2, 0) is 17.8 Å². The van der Waals surface area contributed by atoms with Gasteiger partial charge < -0.3 is 14.8 Å². The zero-order chi connectivity index (χ0) is 20.8. The SMILES string of the molecule is Cc1nc2ccccc2n1CCCNC(=O)CCc1ccc(C(=O)N(C)C)cc1. The highest BCUT2D eigenvalue weighted by Crippen LogP contribution is 2.15. The highest BCUT2D eigenvalue weighted by atomic mass is 16.2. The van der Waals surface area contributed by atoms with Crippen molar-refractivity contribution in [1.82, 2.24) is 19.8 Å². The van der Waals surface area contributed by atoms with E-state index in [9.17, 15) is 9.59 Å². The van der Waals surface area contributed by atoms with Crippen molar-refractivity contribution in [2.24, 2.45) is 0 Å². The van der Waals surface area contributed by atoms with Gasteiger partial charge in [-0.15, -0.1) is 0 Å². The number of nitrogens with one attached hydrogen (secondary N) is 1. The van der Waals surface area contributed by atoms with E-state index in [2.05, 4.69) is 20.9 Å². The van der Waals surface area contributed by atoms with Crippen LogP contribution in [0.5, 0.6) is 0 Å². The fourth-order valence-corrected chi connectivity index (χ4v) is 3.36. The summed E-state index contributed by atoms with van der Waals surface area (Å²) in [7, 11) is 3.47. The van der Waals surface area contributed by atoms with E-state index in [-0.39, 0.29) is 11.8 Å². The Bertz CT molecular complexity index is 990. The summed E-state index contributed by atoms with van der Waals surface area (Å²) in [5.41, 5.74) is 3.85. The van der Waals surface area contributed by atoms with Crippen LogP contribution in [0.15, 0.2) is 48.5 Å². The molecule has 3 rings (SSSR count). The van der Waals surface area contributed by atoms with Gasteiger partial charge in [0.2, 0.25) is 5.91 Å². The van der Waals surface area contributed by atoms with Gasteiger partial charge in [0.05, 0.1) is 11.0 Å². The van der Waals surface area contributed by atoms with Crippen LogP contribution in [0.4, 0.5) is 0 Å². The number of hydrogen-bond donors (Lipinski definition) is 1. The third-order valence-corrected chi connectivity index (χ3v) is 4.97. The van der Waals surface area contributed by atoms with Crippen molar-refractivity contribution in [3.8, 4) is 0 Å². The van der Waals surface area contributed by atoms with Gasteiger partial charge in [0, 0.05) is 39.2 Å². The molecule has 1 aromatic heterocycles. The van der Waals surface area contributed by atoms with E-state index in [1.807, 2.05) is 49.4 Å². The number of para-hydroxylation sites is 2. The summed E-state index contributed by atoms with van der Waals surface area (Å²) in [6.45, 7) is 3.48. The quantitative estimate of drug-likeness (QED) is 0.599. The molecule has 6 nitrogen and oxygen atoms in total. The number of hydrogen-bond acceptors (Lipinski definition) is 3. The maximum Gasteiger partial charge on any atom is 0.253 e. The van der Waals surface area contributed by atoms with Crippen molar-refractivity contribution >= 4 is 22.8 Å². The molecule has 152 valence electrons. The molecular formula is C23H28N4O2. The molecule has 0 unspecified atom stereocenters. The fourth-order valence-electron chi connectivity index (χ4n) is 3.36. The lowest BCUT2D eigenvalue weighted by molar-refractivity contribution is -0.121. The highest BCUT2D eigenvalue weighted by Gasteiger charge is 2.09. The first kappa shape index (κ1) is 20.6. The molecule has 0 aliphatic carbocycles. The molecule has 0 saturated carbocycles. The van der Waals surface area contributed by atoms with Crippen LogP contribution in [0.2, 0.25) is 0 Å². The first-order valence-electron chi connectivity index (χ1n) is 9.95. The normalized spacial score (nSPS) is 10.9. The van der Waals surface area contributed by atoms with Crippen molar-refractivity contribution in [1.29, 1.82) is 0 Å². The molecule has 0 spiro atoms. The van der Waals surface area contributed by atoms with Crippen molar-refractivity contribution < 1.29 is 9.59 Å². The average Bonchev–Trinajstić information content (AvgIpc) is 3.04. The molecule has 0 fully saturated rings. The summed E-state index contributed by atoms with van der Waals surface area (Å²) >= 11 is 0. The Labute approximate surface area is 171 Å². The number of carbonyl (C=O) groups is 2. The molecule has 0 bridgehead atoms. The van der Waals surface area contributed by atoms with Crippen molar-refractivity contribution in [3.05, 3.63) is 65.5 Å². The zero-order valence-corrected chi connectivity index (χ0v) is 17.3. The predicted octanol–water partition coefficient (Wildman–Crippen LogP) is 3.19. The summed E-state index contributed by atoms with van der Waals surface area (Å²) in [5, 5.41) is 2.99. The first-order valence-corrected chi connectivity index (χ1v) is 9.95. The van der Waals surface area contributed by atoms with Gasteiger partial charge in [-0.2, -0.15) is 0 Å². The van der Waals surface area contributed by atoms with E-state index >= 15 is 0 Å². The van der Waals surface area contributed by atoms with Gasteiger partial charge in [0.15, 0.2) is 0 Å². The Morgan fingerprint density at radius 1 is 1.07 bits per heavy atom. The van der Waals surface area contributed by atoms with Gasteiger partial charge in [-0.3, -0.25) is 9.59 Å². The molecule has 0 atom stereocenters. The Kier molecular flexibility index (Phi) is 6.65. The molecule has 29 heavy (non-hydrogen) atoms. The number of imidazole rings is 1. The van der Waals surface area contributed by atoms with Crippen LogP contribution in [-0.4, -0.2) is 46.9 Å². The molecule has 1 heterocycles. The number of benzene rings is 2. The number of aryl methyl sites for hydroxylation is 3. The molecule has 2 amide bonds. The smallest absolute Gasteiger partial charge is 0.253 e. The van der Waals surface area contributed by atoms with Crippen LogP contribution < -0.4 is 5.32 Å². The number of rotatable bonds is 8. The van der Waals surface area contributed by atoms with E-state index in [1.54, 1.807) is 19.0 Å². The third kappa shape index (κ3) is 5.22. The minimum absolute atomic E-state index is 0.0183. The highest BCUT2D eigenvalue weighted by molar-refractivity contribution is 5.93. The van der Waals surface area contributed by atoms with E-state index in [0.29, 0.717) is 24.9 Å². The lowest BCUT2D eigenvalue weighted by Crippen LogP contribution is -2.25. The molecule has 0 aliphatic rings. The maximum atomic E-state index is 12.1. The van der Waals surface area contributed by atoms with Gasteiger partial charge in [0.25, 0.3) is 5.91 Å². The van der Waals surface area contributed by atoms with Gasteiger partial charge in [-0.25, -0.2) is 4.98 Å². The molecular weight excluding hydrogens is 364 g/mol. The number of nitrogens with zero attached hydrogens (tertiary/aromatic N) is 3. The predicted molar refractivity (Wildman–Crippen MR) is 115 cm³/mol. The minimum atomic E-state index is -0.0183. The van der Waals surface area contributed by atoms with E-state index in [0.717, 1.165) is 35.4 Å². The Morgan fingerprint density at radius 2 is 1.79 bits per heavy atom. The van der Waals surface area contributed by atoms with E-state index in [1.165, 1.54) is 0 Å². The van der Waals surface area contributed by atoms with E-state index < -0.39 is 0 Å². The lowest BCUT2D eigenvalue weighted by atomic mass is 10.1. The Hall–Kier alpha value is -3.15. The Balaban J connectivity index is 1.41. The first-order chi connectivity index (χ1) is 14.0. The van der Waals surface area contributed by atoms with Crippen molar-refractivity contribution in [2.75, 3.05) is 20.6 Å². The number of carbonyl (C=O) groups excluding carboxylic acids is 2. The lowest BCUT2D eigenvalue weighted by Gasteiger charge is -2.10. The second-order valence-electron chi connectivity index (χ2n) is 7.40. The molecule has 2 aromatic carbocycles. The molecule has 1 N–H and O–H groups in total. The second kappa shape index (κ2) is 9.37. The van der Waals surface area contributed by atoms with Gasteiger partial charge >= 0.3 is 0 Å². The van der Waals surface area contributed by atoms with Gasteiger partial charge in [0.1, 0.15) is 5.82 Å². The third-order valence-electron chi connectivity index (χ3n) is 4.97. The zero-order valence-electron chi connectivity index (χ0n) is 17.3. The number of amides is 2. The van der Waals surface area contributed by atoms with E-state index in [4.69, 9.17) is 0 Å². The monoisotopic (exact) mass is 392 g/mol. The summed E-state index contributed by atoms with van der Waals surface area (Å²) in [6, 6.07) is 15.6. The molecule has 0 aliphatic heterocycles. The fraction of sp³-hybridized carbons (Fsp3) is 0.348. The summed E-state index contributed by atoms with van der Waals surface area (Å²) in [6.07, 6.45) is 1.95.